The van der Waals surface area contributed by atoms with Crippen molar-refractivity contribution in [2.24, 2.45) is 5.92 Å². The van der Waals surface area contributed by atoms with E-state index in [-0.39, 0.29) is 0 Å². The van der Waals surface area contributed by atoms with E-state index in [9.17, 15) is 4.79 Å². The van der Waals surface area contributed by atoms with Gasteiger partial charge >= 0.3 is 5.97 Å². The zero-order valence-electron chi connectivity index (χ0n) is 10.5. The maximum absolute atomic E-state index is 10.5. The summed E-state index contributed by atoms with van der Waals surface area (Å²) in [6.45, 7) is 4.85. The van der Waals surface area contributed by atoms with Crippen LogP contribution < -0.4 is 4.74 Å². The molecule has 0 amide bonds. The van der Waals surface area contributed by atoms with Gasteiger partial charge in [0.2, 0.25) is 0 Å². The number of benzene rings is 1. The van der Waals surface area contributed by atoms with Gasteiger partial charge in [0.05, 0.1) is 6.61 Å². The first kappa shape index (κ1) is 14.6. The molecule has 18 heavy (non-hydrogen) atoms. The number of hydrogen-bond donors (Lipinski definition) is 1. The molecule has 0 radical (unpaired) electrons. The van der Waals surface area contributed by atoms with E-state index in [0.29, 0.717) is 28.9 Å². The number of carboxylic acids is 1. The molecule has 3 nitrogen and oxygen atoms in total. The lowest BCUT2D eigenvalue weighted by molar-refractivity contribution is -0.131. The fraction of sp³-hybridized carbons (Fsp3) is 0.357. The molecule has 1 rings (SSSR count). The molecule has 0 saturated carbocycles. The smallest absolute Gasteiger partial charge is 0.328 e. The molecule has 0 aliphatic rings. The van der Waals surface area contributed by atoms with Gasteiger partial charge in [-0.25, -0.2) is 4.79 Å². The second kappa shape index (κ2) is 7.07. The zero-order valence-corrected chi connectivity index (χ0v) is 11.3. The Morgan fingerprint density at radius 2 is 2.22 bits per heavy atom. The molecule has 0 saturated heterocycles. The maximum Gasteiger partial charge on any atom is 0.328 e. The van der Waals surface area contributed by atoms with E-state index < -0.39 is 5.97 Å². The van der Waals surface area contributed by atoms with Crippen LogP contribution in [0.4, 0.5) is 0 Å². The van der Waals surface area contributed by atoms with Crippen LogP contribution in [0.1, 0.15) is 25.8 Å². The van der Waals surface area contributed by atoms with Crippen LogP contribution in [0, 0.1) is 5.92 Å². The Hall–Kier alpha value is -1.48. The molecule has 1 aromatic rings. The molecule has 1 aromatic carbocycles. The van der Waals surface area contributed by atoms with Gasteiger partial charge in [-0.05, 0) is 36.6 Å². The van der Waals surface area contributed by atoms with E-state index in [1.165, 1.54) is 6.08 Å². The van der Waals surface area contributed by atoms with Crippen LogP contribution in [0.2, 0.25) is 5.02 Å². The van der Waals surface area contributed by atoms with Crippen molar-refractivity contribution in [3.05, 3.63) is 34.9 Å². The molecular formula is C14H17ClO3. The number of halogens is 1. The van der Waals surface area contributed by atoms with Crippen LogP contribution in [0.15, 0.2) is 24.3 Å². The summed E-state index contributed by atoms with van der Waals surface area (Å²) >= 11 is 5.88. The standard InChI is InChI=1S/C14H17ClO3/c1-10(2)7-8-18-13-5-4-12(15)9-11(13)3-6-14(16)17/h3-6,9-10H,7-8H2,1-2H3,(H,16,17)/b6-3+. The van der Waals surface area contributed by atoms with Crippen LogP contribution in [0.3, 0.4) is 0 Å². The van der Waals surface area contributed by atoms with Crippen LogP contribution in [0.5, 0.6) is 5.75 Å². The van der Waals surface area contributed by atoms with Crippen LogP contribution in [0.25, 0.3) is 6.08 Å². The van der Waals surface area contributed by atoms with Crippen LogP contribution in [-0.2, 0) is 4.79 Å². The summed E-state index contributed by atoms with van der Waals surface area (Å²) in [5.41, 5.74) is 0.675. The van der Waals surface area contributed by atoms with Crippen molar-refractivity contribution >= 4 is 23.6 Å². The average molecular weight is 269 g/mol. The SMILES string of the molecule is CC(C)CCOc1ccc(Cl)cc1/C=C/C(=O)O. The molecule has 0 aromatic heterocycles. The van der Waals surface area contributed by atoms with Gasteiger partial charge < -0.3 is 9.84 Å². The molecule has 1 N–H and O–H groups in total. The summed E-state index contributed by atoms with van der Waals surface area (Å²) < 4.78 is 5.63. The molecule has 0 unspecified atom stereocenters. The monoisotopic (exact) mass is 268 g/mol. The van der Waals surface area contributed by atoms with Crippen molar-refractivity contribution in [1.82, 2.24) is 0 Å². The van der Waals surface area contributed by atoms with Crippen molar-refractivity contribution in [2.75, 3.05) is 6.61 Å². The Bertz CT molecular complexity index is 439. The first-order valence-electron chi connectivity index (χ1n) is 5.82. The summed E-state index contributed by atoms with van der Waals surface area (Å²) in [5.74, 6) is 0.218. The van der Waals surface area contributed by atoms with E-state index in [1.54, 1.807) is 18.2 Å². The molecular weight excluding hydrogens is 252 g/mol. The molecule has 98 valence electrons. The van der Waals surface area contributed by atoms with Crippen molar-refractivity contribution in [3.63, 3.8) is 0 Å². The molecule has 0 bridgehead atoms. The Labute approximate surface area is 112 Å². The van der Waals surface area contributed by atoms with Crippen molar-refractivity contribution in [3.8, 4) is 5.75 Å². The van der Waals surface area contributed by atoms with E-state index in [2.05, 4.69) is 13.8 Å². The summed E-state index contributed by atoms with van der Waals surface area (Å²) in [6.07, 6.45) is 3.50. The quantitative estimate of drug-likeness (QED) is 0.797. The number of carbonyl (C=O) groups is 1. The molecule has 0 fully saturated rings. The minimum Gasteiger partial charge on any atom is -0.493 e. The van der Waals surface area contributed by atoms with Crippen LogP contribution >= 0.6 is 11.6 Å². The third-order valence-electron chi connectivity index (χ3n) is 2.33. The number of rotatable bonds is 6. The largest absolute Gasteiger partial charge is 0.493 e. The lowest BCUT2D eigenvalue weighted by atomic mass is 10.1. The molecule has 0 aliphatic heterocycles. The van der Waals surface area contributed by atoms with E-state index in [0.717, 1.165) is 12.5 Å². The Balaban J connectivity index is 2.79. The van der Waals surface area contributed by atoms with E-state index in [1.807, 2.05) is 0 Å². The number of aliphatic carboxylic acids is 1. The topological polar surface area (TPSA) is 46.5 Å². The van der Waals surface area contributed by atoms with Gasteiger partial charge in [0, 0.05) is 16.7 Å². The van der Waals surface area contributed by atoms with Crippen LogP contribution in [-0.4, -0.2) is 17.7 Å². The number of hydrogen-bond acceptors (Lipinski definition) is 2. The van der Waals surface area contributed by atoms with Gasteiger partial charge in [0.1, 0.15) is 5.75 Å². The van der Waals surface area contributed by atoms with Gasteiger partial charge in [0.15, 0.2) is 0 Å². The normalized spacial score (nSPS) is 11.1. The van der Waals surface area contributed by atoms with Gasteiger partial charge in [-0.1, -0.05) is 25.4 Å². The van der Waals surface area contributed by atoms with Crippen molar-refractivity contribution in [1.29, 1.82) is 0 Å². The third-order valence-corrected chi connectivity index (χ3v) is 2.57. The highest BCUT2D eigenvalue weighted by atomic mass is 35.5. The minimum absolute atomic E-state index is 0.552. The summed E-state index contributed by atoms with van der Waals surface area (Å²) in [4.78, 5) is 10.5. The van der Waals surface area contributed by atoms with E-state index in [4.69, 9.17) is 21.4 Å². The third kappa shape index (κ3) is 5.23. The highest BCUT2D eigenvalue weighted by Gasteiger charge is 2.03. The fourth-order valence-electron chi connectivity index (χ4n) is 1.35. The predicted octanol–water partition coefficient (Wildman–Crippen LogP) is 3.86. The van der Waals surface area contributed by atoms with Gasteiger partial charge in [-0.3, -0.25) is 0 Å². The molecule has 4 heteroatoms. The average Bonchev–Trinajstić information content (AvgIpc) is 2.28. The van der Waals surface area contributed by atoms with E-state index >= 15 is 0 Å². The zero-order chi connectivity index (χ0) is 13.5. The molecule has 0 heterocycles. The summed E-state index contributed by atoms with van der Waals surface area (Å²) in [6, 6.07) is 5.17. The highest BCUT2D eigenvalue weighted by molar-refractivity contribution is 6.30. The number of carboxylic acid groups (broad SMARTS) is 1. The first-order chi connectivity index (χ1) is 8.49. The van der Waals surface area contributed by atoms with Gasteiger partial charge in [-0.15, -0.1) is 0 Å². The molecule has 0 atom stereocenters. The van der Waals surface area contributed by atoms with Crippen molar-refractivity contribution in [2.45, 2.75) is 20.3 Å². The summed E-state index contributed by atoms with van der Waals surface area (Å²) in [5, 5.41) is 9.18. The van der Waals surface area contributed by atoms with Crippen molar-refractivity contribution < 1.29 is 14.6 Å². The minimum atomic E-state index is -0.997. The lowest BCUT2D eigenvalue weighted by Gasteiger charge is -2.10. The molecule has 0 spiro atoms. The Kier molecular flexibility index (Phi) is 5.72. The maximum atomic E-state index is 10.5. The summed E-state index contributed by atoms with van der Waals surface area (Å²) in [7, 11) is 0. The lowest BCUT2D eigenvalue weighted by Crippen LogP contribution is -2.02. The first-order valence-corrected chi connectivity index (χ1v) is 6.20. The van der Waals surface area contributed by atoms with Gasteiger partial charge in [0.25, 0.3) is 0 Å². The fourth-order valence-corrected chi connectivity index (χ4v) is 1.53. The predicted molar refractivity (Wildman–Crippen MR) is 73.1 cm³/mol. The second-order valence-electron chi connectivity index (χ2n) is 4.38. The Morgan fingerprint density at radius 1 is 1.50 bits per heavy atom. The molecule has 0 aliphatic carbocycles. The number of ether oxygens (including phenoxy) is 1. The van der Waals surface area contributed by atoms with Gasteiger partial charge in [-0.2, -0.15) is 0 Å². The highest BCUT2D eigenvalue weighted by Crippen LogP contribution is 2.24. The Morgan fingerprint density at radius 3 is 2.83 bits per heavy atom. The second-order valence-corrected chi connectivity index (χ2v) is 4.82.